The number of aliphatic hydroxyl groups excluding tert-OH is 1. The van der Waals surface area contributed by atoms with Gasteiger partial charge in [0.05, 0.1) is 23.8 Å². The summed E-state index contributed by atoms with van der Waals surface area (Å²) in [7, 11) is 0. The molecule has 0 saturated carbocycles. The monoisotopic (exact) mass is 435 g/mol. The van der Waals surface area contributed by atoms with Gasteiger partial charge in [-0.25, -0.2) is 15.0 Å². The number of nitrogens with zero attached hydrogens (tertiary/aromatic N) is 4. The van der Waals surface area contributed by atoms with E-state index in [1.54, 1.807) is 10.9 Å². The third-order valence-corrected chi connectivity index (χ3v) is 4.78. The Bertz CT molecular complexity index is 694. The number of aromatic nitrogens is 4. The Morgan fingerprint density at radius 2 is 2.23 bits per heavy atom. The Kier molecular flexibility index (Phi) is 4.49. The quantitative estimate of drug-likeness (QED) is 0.385. The van der Waals surface area contributed by atoms with Crippen molar-refractivity contribution in [2.75, 3.05) is 5.73 Å². The van der Waals surface area contributed by atoms with Crippen LogP contribution in [0.15, 0.2) is 6.33 Å². The first-order valence-corrected chi connectivity index (χ1v) is 8.65. The van der Waals surface area contributed by atoms with Gasteiger partial charge in [0, 0.05) is 22.6 Å². The summed E-state index contributed by atoms with van der Waals surface area (Å²) in [5, 5.41) is 10.0. The van der Waals surface area contributed by atoms with E-state index in [-0.39, 0.29) is 11.4 Å². The first kappa shape index (κ1) is 16.2. The van der Waals surface area contributed by atoms with Crippen LogP contribution >= 0.6 is 35.2 Å². The van der Waals surface area contributed by atoms with Crippen LogP contribution in [0, 0.1) is 9.75 Å². The minimum absolute atomic E-state index is 0.247. The summed E-state index contributed by atoms with van der Waals surface area (Å²) in [6, 6.07) is 0. The number of aliphatic hydroxyl groups is 1. The molecule has 2 aromatic rings. The molecular weight excluding hydrogens is 417 g/mol. The van der Waals surface area contributed by atoms with E-state index >= 15 is 0 Å². The van der Waals surface area contributed by atoms with Crippen LogP contribution in [0.5, 0.6) is 0 Å². The maximum atomic E-state index is 10.4. The molecule has 0 aliphatic carbocycles. The molecule has 0 aromatic carbocycles. The Labute approximate surface area is 147 Å². The highest BCUT2D eigenvalue weighted by Gasteiger charge is 2.43. The third kappa shape index (κ3) is 2.79. The summed E-state index contributed by atoms with van der Waals surface area (Å²) in [6.45, 7) is 4.19. The van der Waals surface area contributed by atoms with E-state index in [1.807, 2.05) is 22.6 Å². The van der Waals surface area contributed by atoms with Gasteiger partial charge in [-0.3, -0.25) is 4.57 Å². The van der Waals surface area contributed by atoms with Gasteiger partial charge in [-0.1, -0.05) is 13.8 Å². The first-order valence-electron chi connectivity index (χ1n) is 7.05. The molecule has 3 N–H and O–H groups in total. The summed E-state index contributed by atoms with van der Waals surface area (Å²) in [5.41, 5.74) is 7.01. The van der Waals surface area contributed by atoms with Crippen molar-refractivity contribution in [3.8, 4) is 0 Å². The van der Waals surface area contributed by atoms with Crippen molar-refractivity contribution < 1.29 is 9.84 Å². The van der Waals surface area contributed by atoms with Crippen LogP contribution in [0.1, 0.15) is 26.5 Å². The molecule has 0 radical (unpaired) electrons. The average Bonchev–Trinajstić information content (AvgIpc) is 2.95. The van der Waals surface area contributed by atoms with Crippen LogP contribution < -0.4 is 5.73 Å². The SMILES string of the molecule is CC(C)C[C@H]1O[C@@H](n2cnc3c(N)nc(I)nc32)[C@H](S)[C@@H]1O. The zero-order chi connectivity index (χ0) is 16.0. The number of nitrogen functional groups attached to an aromatic ring is 1. The van der Waals surface area contributed by atoms with Crippen LogP contribution in [-0.4, -0.2) is 42.1 Å². The van der Waals surface area contributed by atoms with Gasteiger partial charge in [0.1, 0.15) is 5.52 Å². The van der Waals surface area contributed by atoms with Crippen molar-refractivity contribution in [2.24, 2.45) is 5.92 Å². The van der Waals surface area contributed by atoms with Gasteiger partial charge in [0.15, 0.2) is 21.5 Å². The lowest BCUT2D eigenvalue weighted by atomic mass is 10.0. The van der Waals surface area contributed by atoms with Crippen LogP contribution in [0.25, 0.3) is 11.2 Å². The van der Waals surface area contributed by atoms with E-state index in [2.05, 4.69) is 41.4 Å². The lowest BCUT2D eigenvalue weighted by Gasteiger charge is -2.17. The smallest absolute Gasteiger partial charge is 0.194 e. The molecule has 7 nitrogen and oxygen atoms in total. The van der Waals surface area contributed by atoms with E-state index in [0.29, 0.717) is 26.7 Å². The summed E-state index contributed by atoms with van der Waals surface area (Å²) in [6.07, 6.45) is 1.08. The Morgan fingerprint density at radius 1 is 1.50 bits per heavy atom. The Balaban J connectivity index is 1.98. The van der Waals surface area contributed by atoms with Gasteiger partial charge in [-0.15, -0.1) is 0 Å². The zero-order valence-corrected chi connectivity index (χ0v) is 15.3. The molecule has 0 bridgehead atoms. The van der Waals surface area contributed by atoms with Crippen LogP contribution in [0.2, 0.25) is 0 Å². The molecular formula is C13H18IN5O2S. The predicted octanol–water partition coefficient (Wildman–Crippen LogP) is 1.62. The summed E-state index contributed by atoms with van der Waals surface area (Å²) >= 11 is 6.54. The van der Waals surface area contributed by atoms with Gasteiger partial charge in [-0.05, 0) is 12.3 Å². The summed E-state index contributed by atoms with van der Waals surface area (Å²) in [5.74, 6) is 0.763. The largest absolute Gasteiger partial charge is 0.389 e. The minimum Gasteiger partial charge on any atom is -0.389 e. The van der Waals surface area contributed by atoms with E-state index < -0.39 is 12.3 Å². The number of thiol groups is 1. The van der Waals surface area contributed by atoms with Crippen LogP contribution in [0.3, 0.4) is 0 Å². The minimum atomic E-state index is -0.633. The molecule has 0 amide bonds. The first-order chi connectivity index (χ1) is 10.4. The van der Waals surface area contributed by atoms with Crippen molar-refractivity contribution >= 4 is 52.2 Å². The third-order valence-electron chi connectivity index (χ3n) is 3.74. The van der Waals surface area contributed by atoms with E-state index in [1.165, 1.54) is 0 Å². The van der Waals surface area contributed by atoms with Crippen molar-refractivity contribution in [3.05, 3.63) is 10.2 Å². The average molecular weight is 435 g/mol. The van der Waals surface area contributed by atoms with E-state index in [0.717, 1.165) is 6.42 Å². The van der Waals surface area contributed by atoms with Gasteiger partial charge >= 0.3 is 0 Å². The molecule has 22 heavy (non-hydrogen) atoms. The molecule has 1 aliphatic rings. The second kappa shape index (κ2) is 6.10. The van der Waals surface area contributed by atoms with Crippen molar-refractivity contribution in [1.82, 2.24) is 19.5 Å². The molecule has 3 rings (SSSR count). The Morgan fingerprint density at radius 3 is 2.91 bits per heavy atom. The maximum absolute atomic E-state index is 10.4. The van der Waals surface area contributed by atoms with Crippen LogP contribution in [0.4, 0.5) is 5.82 Å². The molecule has 4 atom stereocenters. The molecule has 2 aromatic heterocycles. The molecule has 1 saturated heterocycles. The maximum Gasteiger partial charge on any atom is 0.194 e. The fourth-order valence-corrected chi connectivity index (χ4v) is 3.61. The van der Waals surface area contributed by atoms with Gasteiger partial charge in [-0.2, -0.15) is 12.6 Å². The normalized spacial score (nSPS) is 28.8. The number of ether oxygens (including phenoxy) is 1. The van der Waals surface area contributed by atoms with E-state index in [9.17, 15) is 5.11 Å². The number of anilines is 1. The molecule has 0 spiro atoms. The molecule has 1 aliphatic heterocycles. The van der Waals surface area contributed by atoms with Crippen molar-refractivity contribution in [1.29, 1.82) is 0 Å². The number of imidazole rings is 1. The second-order valence-electron chi connectivity index (χ2n) is 5.88. The number of halogens is 1. The second-order valence-corrected chi connectivity index (χ2v) is 7.44. The number of fused-ring (bicyclic) bond motifs is 1. The highest BCUT2D eigenvalue weighted by molar-refractivity contribution is 14.1. The molecule has 1 fully saturated rings. The number of nitrogens with two attached hydrogens (primary N) is 1. The lowest BCUT2D eigenvalue weighted by Crippen LogP contribution is -2.28. The highest BCUT2D eigenvalue weighted by atomic mass is 127. The van der Waals surface area contributed by atoms with Gasteiger partial charge in [0.2, 0.25) is 0 Å². The topological polar surface area (TPSA) is 99.1 Å². The fourth-order valence-electron chi connectivity index (χ4n) is 2.72. The van der Waals surface area contributed by atoms with Crippen molar-refractivity contribution in [2.45, 2.75) is 44.0 Å². The van der Waals surface area contributed by atoms with Crippen LogP contribution in [-0.2, 0) is 4.74 Å². The Hall–Kier alpha value is -0.650. The number of hydrogen-bond acceptors (Lipinski definition) is 7. The molecule has 120 valence electrons. The lowest BCUT2D eigenvalue weighted by molar-refractivity contribution is -0.0262. The standard InChI is InChI=1S/C13H18IN5O2S/c1-5(2)3-6-8(20)9(22)12(21-6)19-4-16-7-10(15)17-13(14)18-11(7)19/h4-6,8-9,12,20,22H,3H2,1-2H3,(H2,15,17,18)/t6-,8-,9-,12-/m1/s1. The summed E-state index contributed by atoms with van der Waals surface area (Å²) < 4.78 is 8.34. The van der Waals surface area contributed by atoms with Gasteiger partial charge < -0.3 is 15.6 Å². The molecule has 9 heteroatoms. The highest BCUT2D eigenvalue weighted by Crippen LogP contribution is 2.37. The molecule has 3 heterocycles. The molecule has 0 unspecified atom stereocenters. The predicted molar refractivity (Wildman–Crippen MR) is 94.6 cm³/mol. The fraction of sp³-hybridized carbons (Fsp3) is 0.615. The van der Waals surface area contributed by atoms with E-state index in [4.69, 9.17) is 10.5 Å². The summed E-state index contributed by atoms with van der Waals surface area (Å²) in [4.78, 5) is 12.7. The number of hydrogen-bond donors (Lipinski definition) is 3. The van der Waals surface area contributed by atoms with Gasteiger partial charge in [0.25, 0.3) is 0 Å². The number of rotatable bonds is 3. The zero-order valence-electron chi connectivity index (χ0n) is 12.2. The van der Waals surface area contributed by atoms with Crippen molar-refractivity contribution in [3.63, 3.8) is 0 Å².